The number of rotatable bonds is 8. The molecule has 140 valence electrons. The Morgan fingerprint density at radius 2 is 1.89 bits per heavy atom. The van der Waals surface area contributed by atoms with Crippen LogP contribution in [0.2, 0.25) is 0 Å². The fourth-order valence-electron chi connectivity index (χ4n) is 2.59. The molecular weight excluding hydrogens is 349 g/mol. The minimum absolute atomic E-state index is 0.0185. The highest BCUT2D eigenvalue weighted by atomic mass is 19.1. The van der Waals surface area contributed by atoms with Crippen molar-refractivity contribution in [1.29, 1.82) is 0 Å². The van der Waals surface area contributed by atoms with Crippen LogP contribution in [0.1, 0.15) is 11.6 Å². The van der Waals surface area contributed by atoms with Gasteiger partial charge in [-0.05, 0) is 35.9 Å². The molecule has 1 heterocycles. The number of ether oxygens (including phenoxy) is 1. The summed E-state index contributed by atoms with van der Waals surface area (Å²) in [7, 11) is 0. The van der Waals surface area contributed by atoms with Crippen molar-refractivity contribution >= 4 is 5.91 Å². The van der Waals surface area contributed by atoms with Crippen molar-refractivity contribution in [3.63, 3.8) is 0 Å². The Balaban J connectivity index is 1.56. The molecule has 6 nitrogen and oxygen atoms in total. The van der Waals surface area contributed by atoms with Gasteiger partial charge in [0.05, 0.1) is 0 Å². The zero-order valence-corrected chi connectivity index (χ0v) is 14.5. The number of hydrogen-bond donors (Lipinski definition) is 2. The quantitative estimate of drug-likeness (QED) is 0.638. The molecule has 2 N–H and O–H groups in total. The van der Waals surface area contributed by atoms with E-state index in [4.69, 9.17) is 4.74 Å². The Labute approximate surface area is 156 Å². The second-order valence-corrected chi connectivity index (χ2v) is 5.96. The number of nitrogens with zero attached hydrogens (tertiary/aromatic N) is 2. The highest BCUT2D eigenvalue weighted by Crippen LogP contribution is 2.17. The van der Waals surface area contributed by atoms with Crippen molar-refractivity contribution in [3.05, 3.63) is 84.4 Å². The van der Waals surface area contributed by atoms with Gasteiger partial charge in [-0.2, -0.15) is 5.10 Å². The minimum atomic E-state index is -0.909. The van der Waals surface area contributed by atoms with E-state index in [1.807, 2.05) is 30.3 Å². The molecule has 0 aliphatic carbocycles. The van der Waals surface area contributed by atoms with E-state index in [-0.39, 0.29) is 24.9 Å². The normalized spacial score (nSPS) is 13.0. The van der Waals surface area contributed by atoms with Crippen LogP contribution >= 0.6 is 0 Å². The van der Waals surface area contributed by atoms with Gasteiger partial charge in [0.1, 0.15) is 24.3 Å². The van der Waals surface area contributed by atoms with Gasteiger partial charge in [-0.3, -0.25) is 9.48 Å². The van der Waals surface area contributed by atoms with E-state index in [0.717, 1.165) is 5.56 Å². The topological polar surface area (TPSA) is 76.4 Å². The smallest absolute Gasteiger partial charge is 0.249 e. The number of aromatic nitrogens is 2. The molecule has 3 rings (SSSR count). The van der Waals surface area contributed by atoms with E-state index in [9.17, 15) is 14.3 Å². The molecule has 0 fully saturated rings. The van der Waals surface area contributed by atoms with Crippen LogP contribution in [-0.2, 0) is 4.79 Å². The van der Waals surface area contributed by atoms with Crippen molar-refractivity contribution in [3.8, 4) is 5.75 Å². The highest BCUT2D eigenvalue weighted by Gasteiger charge is 2.23. The van der Waals surface area contributed by atoms with Crippen molar-refractivity contribution in [2.24, 2.45) is 0 Å². The molecule has 27 heavy (non-hydrogen) atoms. The van der Waals surface area contributed by atoms with Gasteiger partial charge in [0.15, 0.2) is 6.04 Å². The van der Waals surface area contributed by atoms with Crippen molar-refractivity contribution < 1.29 is 19.0 Å². The van der Waals surface area contributed by atoms with Crippen LogP contribution in [-0.4, -0.2) is 40.0 Å². The number of benzene rings is 2. The third-order valence-electron chi connectivity index (χ3n) is 3.92. The first-order chi connectivity index (χ1) is 13.1. The van der Waals surface area contributed by atoms with Gasteiger partial charge in [0.25, 0.3) is 0 Å². The predicted molar refractivity (Wildman–Crippen MR) is 97.7 cm³/mol. The Kier molecular flexibility index (Phi) is 6.17. The van der Waals surface area contributed by atoms with Gasteiger partial charge < -0.3 is 15.2 Å². The molecule has 1 aromatic heterocycles. The highest BCUT2D eigenvalue weighted by molar-refractivity contribution is 5.83. The van der Waals surface area contributed by atoms with Gasteiger partial charge in [-0.1, -0.05) is 30.3 Å². The molecule has 1 amide bonds. The van der Waals surface area contributed by atoms with Crippen LogP contribution < -0.4 is 10.1 Å². The summed E-state index contributed by atoms with van der Waals surface area (Å²) in [5, 5.41) is 16.9. The third-order valence-corrected chi connectivity index (χ3v) is 3.92. The van der Waals surface area contributed by atoms with Gasteiger partial charge in [0, 0.05) is 18.9 Å². The maximum atomic E-state index is 12.9. The number of carbonyl (C=O) groups is 1. The SMILES string of the molecule is O=C(NCC(O)COc1ccc(F)cc1)C(c1ccccc1)n1cccn1. The molecule has 0 radical (unpaired) electrons. The molecule has 7 heteroatoms. The second kappa shape index (κ2) is 8.95. The summed E-state index contributed by atoms with van der Waals surface area (Å²) in [5.41, 5.74) is 0.788. The lowest BCUT2D eigenvalue weighted by molar-refractivity contribution is -0.124. The van der Waals surface area contributed by atoms with Crippen LogP contribution in [0.25, 0.3) is 0 Å². The average Bonchev–Trinajstić information content (AvgIpc) is 3.21. The standard InChI is InChI=1S/C20H20FN3O3/c21-16-7-9-18(10-8-16)27-14-17(25)13-22-20(26)19(24-12-4-11-23-24)15-5-2-1-3-6-15/h1-12,17,19,25H,13-14H2,(H,22,26). The lowest BCUT2D eigenvalue weighted by atomic mass is 10.1. The molecule has 2 aromatic carbocycles. The Morgan fingerprint density at radius 3 is 2.56 bits per heavy atom. The largest absolute Gasteiger partial charge is 0.491 e. The summed E-state index contributed by atoms with van der Waals surface area (Å²) in [4.78, 5) is 12.7. The zero-order chi connectivity index (χ0) is 19.1. The monoisotopic (exact) mass is 369 g/mol. The number of nitrogens with one attached hydrogen (secondary N) is 1. The van der Waals surface area contributed by atoms with E-state index >= 15 is 0 Å². The fourth-order valence-corrected chi connectivity index (χ4v) is 2.59. The minimum Gasteiger partial charge on any atom is -0.491 e. The lowest BCUT2D eigenvalue weighted by Gasteiger charge is -2.19. The molecule has 3 aromatic rings. The molecule has 0 aliphatic rings. The number of hydrogen-bond acceptors (Lipinski definition) is 4. The molecule has 2 unspecified atom stereocenters. The van der Waals surface area contributed by atoms with Gasteiger partial charge in [0.2, 0.25) is 5.91 Å². The molecule has 2 atom stereocenters. The second-order valence-electron chi connectivity index (χ2n) is 5.96. The van der Waals surface area contributed by atoms with Gasteiger partial charge in [-0.15, -0.1) is 0 Å². The number of aliphatic hydroxyl groups excluding tert-OH is 1. The summed E-state index contributed by atoms with van der Waals surface area (Å²) in [6.07, 6.45) is 2.41. The maximum absolute atomic E-state index is 12.9. The fraction of sp³-hybridized carbons (Fsp3) is 0.200. The van der Waals surface area contributed by atoms with E-state index in [1.165, 1.54) is 24.3 Å². The van der Waals surface area contributed by atoms with Crippen LogP contribution in [0.4, 0.5) is 4.39 Å². The molecule has 0 saturated carbocycles. The van der Waals surface area contributed by atoms with E-state index in [2.05, 4.69) is 10.4 Å². The van der Waals surface area contributed by atoms with Crippen LogP contribution in [0.5, 0.6) is 5.75 Å². The summed E-state index contributed by atoms with van der Waals surface area (Å²) < 4.78 is 19.8. The summed E-state index contributed by atoms with van der Waals surface area (Å²) in [6, 6.07) is 15.9. The number of aliphatic hydroxyl groups is 1. The van der Waals surface area contributed by atoms with E-state index < -0.39 is 12.1 Å². The number of carbonyl (C=O) groups excluding carboxylic acids is 1. The molecule has 0 bridgehead atoms. The number of amides is 1. The summed E-state index contributed by atoms with van der Waals surface area (Å²) in [5.74, 6) is -0.202. The van der Waals surface area contributed by atoms with Crippen LogP contribution in [0.15, 0.2) is 73.1 Å². The summed E-state index contributed by atoms with van der Waals surface area (Å²) >= 11 is 0. The molecular formula is C20H20FN3O3. The first-order valence-corrected chi connectivity index (χ1v) is 8.51. The van der Waals surface area contributed by atoms with Crippen molar-refractivity contribution in [2.75, 3.05) is 13.2 Å². The Bertz CT molecular complexity index is 839. The average molecular weight is 369 g/mol. The van der Waals surface area contributed by atoms with Crippen molar-refractivity contribution in [2.45, 2.75) is 12.1 Å². The van der Waals surface area contributed by atoms with Crippen LogP contribution in [0.3, 0.4) is 0 Å². The first-order valence-electron chi connectivity index (χ1n) is 8.51. The predicted octanol–water partition coefficient (Wildman–Crippen LogP) is 2.17. The zero-order valence-electron chi connectivity index (χ0n) is 14.5. The lowest BCUT2D eigenvalue weighted by Crippen LogP contribution is -2.39. The molecule has 0 aliphatic heterocycles. The third kappa shape index (κ3) is 5.15. The molecule has 0 saturated heterocycles. The summed E-state index contributed by atoms with van der Waals surface area (Å²) in [6.45, 7) is -0.00564. The maximum Gasteiger partial charge on any atom is 0.249 e. The first kappa shape index (κ1) is 18.6. The van der Waals surface area contributed by atoms with Crippen LogP contribution in [0, 0.1) is 5.82 Å². The van der Waals surface area contributed by atoms with E-state index in [0.29, 0.717) is 5.75 Å². The molecule has 0 spiro atoms. The van der Waals surface area contributed by atoms with Gasteiger partial charge >= 0.3 is 0 Å². The Morgan fingerprint density at radius 1 is 1.15 bits per heavy atom. The van der Waals surface area contributed by atoms with E-state index in [1.54, 1.807) is 23.1 Å². The Hall–Kier alpha value is -3.19. The number of halogens is 1. The van der Waals surface area contributed by atoms with Gasteiger partial charge in [-0.25, -0.2) is 4.39 Å². The van der Waals surface area contributed by atoms with Crippen molar-refractivity contribution in [1.82, 2.24) is 15.1 Å².